The Morgan fingerprint density at radius 3 is 2.48 bits per heavy atom. The molecule has 1 fully saturated rings. The number of nitrogens with one attached hydrogen (secondary N) is 2. The second-order valence-corrected chi connectivity index (χ2v) is 6.59. The maximum Gasteiger partial charge on any atom is 0.573 e. The number of carbonyl (C=O) groups excluding carboxylic acids is 3. The number of halogens is 3. The zero-order chi connectivity index (χ0) is 20.8. The molecule has 2 aromatic rings. The van der Waals surface area contributed by atoms with Gasteiger partial charge < -0.3 is 15.4 Å². The molecule has 2 N–H and O–H groups in total. The van der Waals surface area contributed by atoms with Gasteiger partial charge in [-0.1, -0.05) is 12.1 Å². The summed E-state index contributed by atoms with van der Waals surface area (Å²) in [4.78, 5) is 39.3. The van der Waals surface area contributed by atoms with Crippen molar-refractivity contribution in [2.24, 2.45) is 0 Å². The van der Waals surface area contributed by atoms with Crippen molar-refractivity contribution in [3.05, 3.63) is 54.1 Å². The summed E-state index contributed by atoms with van der Waals surface area (Å²) in [6.07, 6.45) is -4.71. The van der Waals surface area contributed by atoms with Crippen LogP contribution < -0.4 is 20.3 Å². The smallest absolute Gasteiger partial charge is 0.406 e. The van der Waals surface area contributed by atoms with E-state index < -0.39 is 29.6 Å². The molecule has 2 aliphatic heterocycles. The first-order valence-electron chi connectivity index (χ1n) is 8.61. The second kappa shape index (κ2) is 6.50. The number of hydrogen-bond acceptors (Lipinski definition) is 4. The maximum atomic E-state index is 13.1. The summed E-state index contributed by atoms with van der Waals surface area (Å²) in [6, 6.07) is 11.0. The first-order valence-corrected chi connectivity index (χ1v) is 8.61. The van der Waals surface area contributed by atoms with Gasteiger partial charge in [0.15, 0.2) is 0 Å². The number of ether oxygens (including phenoxy) is 1. The Balaban J connectivity index is 1.61. The van der Waals surface area contributed by atoms with Crippen LogP contribution in [-0.2, 0) is 9.59 Å². The first kappa shape index (κ1) is 18.8. The summed E-state index contributed by atoms with van der Waals surface area (Å²) in [6.45, 7) is 0. The third-order valence-corrected chi connectivity index (χ3v) is 4.76. The largest absolute Gasteiger partial charge is 0.573 e. The number of rotatable bonds is 3. The number of nitrogens with zero attached hydrogens (tertiary/aromatic N) is 1. The molecule has 0 saturated carbocycles. The lowest BCUT2D eigenvalue weighted by atomic mass is 9.98. The van der Waals surface area contributed by atoms with E-state index in [0.29, 0.717) is 5.69 Å². The molecule has 0 unspecified atom stereocenters. The molecule has 150 valence electrons. The highest BCUT2D eigenvalue weighted by Gasteiger charge is 2.56. The molecule has 0 aliphatic carbocycles. The monoisotopic (exact) mass is 405 g/mol. The predicted molar refractivity (Wildman–Crippen MR) is 95.1 cm³/mol. The fraction of sp³-hybridized carbons (Fsp3) is 0.211. The molecule has 7 nitrogen and oxygen atoms in total. The van der Waals surface area contributed by atoms with Gasteiger partial charge in [-0.3, -0.25) is 19.3 Å². The summed E-state index contributed by atoms with van der Waals surface area (Å²) >= 11 is 0. The minimum Gasteiger partial charge on any atom is -0.406 e. The average Bonchev–Trinajstić information content (AvgIpc) is 3.00. The van der Waals surface area contributed by atoms with E-state index >= 15 is 0 Å². The van der Waals surface area contributed by atoms with Crippen LogP contribution in [0.3, 0.4) is 0 Å². The lowest BCUT2D eigenvalue weighted by molar-refractivity contribution is -0.274. The second-order valence-electron chi connectivity index (χ2n) is 6.59. The van der Waals surface area contributed by atoms with Crippen LogP contribution in [0.25, 0.3) is 0 Å². The van der Waals surface area contributed by atoms with Crippen molar-refractivity contribution >= 4 is 29.1 Å². The lowest BCUT2D eigenvalue weighted by Crippen LogP contribution is -2.68. The molecule has 1 saturated heterocycles. The SMILES string of the molecule is O=C1N[C@@]2(C(=O)Nc3ccc(OC(F)(F)F)cc3)CCC(=O)N2c2ccccc21. The summed E-state index contributed by atoms with van der Waals surface area (Å²) in [5, 5.41) is 5.17. The van der Waals surface area contributed by atoms with Crippen molar-refractivity contribution in [1.82, 2.24) is 5.32 Å². The highest BCUT2D eigenvalue weighted by atomic mass is 19.4. The van der Waals surface area contributed by atoms with E-state index in [1.165, 1.54) is 17.0 Å². The molecule has 0 aromatic heterocycles. The van der Waals surface area contributed by atoms with Crippen LogP contribution in [0.2, 0.25) is 0 Å². The van der Waals surface area contributed by atoms with Crippen molar-refractivity contribution < 1.29 is 32.3 Å². The number of benzene rings is 2. The molecule has 0 radical (unpaired) electrons. The van der Waals surface area contributed by atoms with Gasteiger partial charge in [0.05, 0.1) is 11.3 Å². The molecule has 4 rings (SSSR count). The molecule has 3 amide bonds. The van der Waals surface area contributed by atoms with Crippen molar-refractivity contribution in [3.8, 4) is 5.75 Å². The van der Waals surface area contributed by atoms with E-state index in [1.54, 1.807) is 24.3 Å². The van der Waals surface area contributed by atoms with Gasteiger partial charge in [0.25, 0.3) is 11.8 Å². The molecule has 10 heteroatoms. The number of carbonyl (C=O) groups is 3. The van der Waals surface area contributed by atoms with Gasteiger partial charge in [0.1, 0.15) is 5.75 Å². The normalized spacial score (nSPS) is 20.6. The topological polar surface area (TPSA) is 87.7 Å². The van der Waals surface area contributed by atoms with E-state index in [4.69, 9.17) is 0 Å². The zero-order valence-electron chi connectivity index (χ0n) is 14.7. The molecule has 29 heavy (non-hydrogen) atoms. The number of para-hydroxylation sites is 1. The zero-order valence-corrected chi connectivity index (χ0v) is 14.7. The average molecular weight is 405 g/mol. The summed E-state index contributed by atoms with van der Waals surface area (Å²) in [5.74, 6) is -1.92. The van der Waals surface area contributed by atoms with Gasteiger partial charge in [-0.2, -0.15) is 0 Å². The highest BCUT2D eigenvalue weighted by molar-refractivity contribution is 6.18. The summed E-state index contributed by atoms with van der Waals surface area (Å²) < 4.78 is 40.6. The lowest BCUT2D eigenvalue weighted by Gasteiger charge is -2.41. The van der Waals surface area contributed by atoms with Crippen molar-refractivity contribution in [2.45, 2.75) is 24.9 Å². The van der Waals surface area contributed by atoms with Crippen LogP contribution in [-0.4, -0.2) is 29.7 Å². The molecule has 0 spiro atoms. The van der Waals surface area contributed by atoms with Gasteiger partial charge in [0, 0.05) is 18.5 Å². The fourth-order valence-corrected chi connectivity index (χ4v) is 3.54. The number of anilines is 2. The Morgan fingerprint density at radius 2 is 1.79 bits per heavy atom. The molecule has 2 aromatic carbocycles. The van der Waals surface area contributed by atoms with Crippen molar-refractivity contribution in [2.75, 3.05) is 10.2 Å². The van der Waals surface area contributed by atoms with Crippen LogP contribution in [0.5, 0.6) is 5.75 Å². The van der Waals surface area contributed by atoms with Crippen LogP contribution in [0, 0.1) is 0 Å². The Morgan fingerprint density at radius 1 is 1.10 bits per heavy atom. The van der Waals surface area contributed by atoms with E-state index in [1.807, 2.05) is 0 Å². The Bertz CT molecular complexity index is 1010. The first-order chi connectivity index (χ1) is 13.7. The van der Waals surface area contributed by atoms with Crippen LogP contribution in [0.4, 0.5) is 24.5 Å². The summed E-state index contributed by atoms with van der Waals surface area (Å²) in [7, 11) is 0. The fourth-order valence-electron chi connectivity index (χ4n) is 3.54. The van der Waals surface area contributed by atoms with Crippen LogP contribution in [0.15, 0.2) is 48.5 Å². The van der Waals surface area contributed by atoms with Gasteiger partial charge >= 0.3 is 6.36 Å². The standard InChI is InChI=1S/C19H14F3N3O4/c20-19(21,22)29-12-7-5-11(6-8-12)23-17(28)18-10-9-15(26)25(18)14-4-2-1-3-13(14)16(27)24-18/h1-8H,9-10H2,(H,23,28)(H,24,27)/t18-/m0/s1. The predicted octanol–water partition coefficient (Wildman–Crippen LogP) is 2.79. The minimum atomic E-state index is -4.83. The third kappa shape index (κ3) is 3.26. The van der Waals surface area contributed by atoms with E-state index in [2.05, 4.69) is 15.4 Å². The van der Waals surface area contributed by atoms with Crippen LogP contribution >= 0.6 is 0 Å². The van der Waals surface area contributed by atoms with Gasteiger partial charge in [-0.05, 0) is 36.4 Å². The maximum absolute atomic E-state index is 13.1. The molecular formula is C19H14F3N3O4. The highest BCUT2D eigenvalue weighted by Crippen LogP contribution is 2.39. The van der Waals surface area contributed by atoms with E-state index in [9.17, 15) is 27.6 Å². The summed E-state index contributed by atoms with van der Waals surface area (Å²) in [5.41, 5.74) is -0.808. The molecular weight excluding hydrogens is 391 g/mol. The molecule has 2 heterocycles. The molecule has 0 bridgehead atoms. The number of amides is 3. The number of alkyl halides is 3. The minimum absolute atomic E-state index is 0.0559. The van der Waals surface area contributed by atoms with Gasteiger partial charge in [-0.15, -0.1) is 13.2 Å². The molecule has 2 aliphatic rings. The Kier molecular flexibility index (Phi) is 4.21. The number of hydrogen-bond donors (Lipinski definition) is 2. The Hall–Kier alpha value is -3.56. The quantitative estimate of drug-likeness (QED) is 0.822. The number of fused-ring (bicyclic) bond motifs is 3. The van der Waals surface area contributed by atoms with E-state index in [-0.39, 0.29) is 30.0 Å². The van der Waals surface area contributed by atoms with Gasteiger partial charge in [-0.25, -0.2) is 0 Å². The Labute approximate surface area is 162 Å². The third-order valence-electron chi connectivity index (χ3n) is 4.76. The van der Waals surface area contributed by atoms with Crippen LogP contribution in [0.1, 0.15) is 23.2 Å². The van der Waals surface area contributed by atoms with Crippen molar-refractivity contribution in [1.29, 1.82) is 0 Å². The van der Waals surface area contributed by atoms with Gasteiger partial charge in [0.2, 0.25) is 11.6 Å². The van der Waals surface area contributed by atoms with Crippen molar-refractivity contribution in [3.63, 3.8) is 0 Å². The molecule has 1 atom stereocenters. The van der Waals surface area contributed by atoms with E-state index in [0.717, 1.165) is 12.1 Å².